The minimum atomic E-state index is -0.0940. The Hall–Kier alpha value is -1.98. The molecule has 0 spiro atoms. The van der Waals surface area contributed by atoms with Crippen molar-refractivity contribution in [3.05, 3.63) is 18.1 Å². The molecule has 1 saturated heterocycles. The van der Waals surface area contributed by atoms with E-state index in [-0.39, 0.29) is 17.7 Å². The summed E-state index contributed by atoms with van der Waals surface area (Å²) < 4.78 is 5.08. The number of rotatable bonds is 6. The van der Waals surface area contributed by atoms with E-state index in [4.69, 9.17) is 4.74 Å². The zero-order valence-corrected chi connectivity index (χ0v) is 13.2. The van der Waals surface area contributed by atoms with Gasteiger partial charge in [-0.25, -0.2) is 4.98 Å². The predicted molar refractivity (Wildman–Crippen MR) is 82.6 cm³/mol. The Morgan fingerprint density at radius 3 is 2.68 bits per heavy atom. The number of ether oxygens (including phenoxy) is 1. The van der Waals surface area contributed by atoms with Gasteiger partial charge < -0.3 is 14.4 Å². The fourth-order valence-electron chi connectivity index (χ4n) is 2.58. The summed E-state index contributed by atoms with van der Waals surface area (Å²) in [5.74, 6) is 0.874. The van der Waals surface area contributed by atoms with Crippen LogP contribution in [-0.4, -0.2) is 41.4 Å². The highest BCUT2D eigenvalue weighted by molar-refractivity contribution is 5.75. The van der Waals surface area contributed by atoms with Gasteiger partial charge in [0.25, 0.3) is 0 Å². The van der Waals surface area contributed by atoms with E-state index in [9.17, 15) is 9.59 Å². The third-order valence-corrected chi connectivity index (χ3v) is 3.84. The number of nitrogens with zero attached hydrogens (tertiary/aromatic N) is 3. The molecule has 0 bridgehead atoms. The molecule has 6 nitrogen and oxygen atoms in total. The normalized spacial score (nSPS) is 15.6. The molecule has 6 heteroatoms. The van der Waals surface area contributed by atoms with Crippen molar-refractivity contribution < 1.29 is 14.3 Å². The zero-order chi connectivity index (χ0) is 15.9. The van der Waals surface area contributed by atoms with Crippen molar-refractivity contribution in [2.75, 3.05) is 24.6 Å². The second-order valence-electron chi connectivity index (χ2n) is 5.58. The van der Waals surface area contributed by atoms with Crippen LogP contribution in [0.1, 0.15) is 38.8 Å². The Labute approximate surface area is 130 Å². The van der Waals surface area contributed by atoms with Crippen molar-refractivity contribution in [3.8, 4) is 0 Å². The van der Waals surface area contributed by atoms with Gasteiger partial charge in [0, 0.05) is 25.7 Å². The molecule has 1 aliphatic heterocycles. The summed E-state index contributed by atoms with van der Waals surface area (Å²) >= 11 is 0. The zero-order valence-electron chi connectivity index (χ0n) is 13.2. The monoisotopic (exact) mass is 305 g/mol. The average Bonchev–Trinajstić information content (AvgIpc) is 2.53. The Bertz CT molecular complexity index is 525. The summed E-state index contributed by atoms with van der Waals surface area (Å²) in [6, 6.07) is 0. The van der Waals surface area contributed by atoms with Gasteiger partial charge in [-0.2, -0.15) is 0 Å². The van der Waals surface area contributed by atoms with E-state index >= 15 is 0 Å². The van der Waals surface area contributed by atoms with Crippen LogP contribution in [0.25, 0.3) is 0 Å². The highest BCUT2D eigenvalue weighted by Crippen LogP contribution is 2.22. The molecule has 1 fully saturated rings. The largest absolute Gasteiger partial charge is 0.466 e. The van der Waals surface area contributed by atoms with E-state index < -0.39 is 0 Å². The van der Waals surface area contributed by atoms with E-state index in [0.717, 1.165) is 37.4 Å². The van der Waals surface area contributed by atoms with Crippen molar-refractivity contribution in [1.29, 1.82) is 0 Å². The van der Waals surface area contributed by atoms with E-state index in [2.05, 4.69) is 14.9 Å². The molecule has 0 atom stereocenters. The van der Waals surface area contributed by atoms with Crippen LogP contribution in [0.5, 0.6) is 0 Å². The first-order valence-electron chi connectivity index (χ1n) is 7.82. The van der Waals surface area contributed by atoms with E-state index in [1.165, 1.54) is 0 Å². The van der Waals surface area contributed by atoms with Crippen molar-refractivity contribution >= 4 is 17.6 Å². The summed E-state index contributed by atoms with van der Waals surface area (Å²) in [4.78, 5) is 33.7. The quantitative estimate of drug-likeness (QED) is 0.746. The maximum absolute atomic E-state index is 11.7. The van der Waals surface area contributed by atoms with Crippen molar-refractivity contribution in [1.82, 2.24) is 9.97 Å². The van der Waals surface area contributed by atoms with Crippen LogP contribution in [0.4, 0.5) is 5.82 Å². The van der Waals surface area contributed by atoms with Gasteiger partial charge in [-0.1, -0.05) is 0 Å². The molecule has 1 aromatic rings. The maximum atomic E-state index is 11.7. The lowest BCUT2D eigenvalue weighted by molar-refractivity contribution is -0.148. The number of carbonyl (C=O) groups excluding carboxylic acids is 2. The first-order valence-corrected chi connectivity index (χ1v) is 7.82. The average molecular weight is 305 g/mol. The van der Waals surface area contributed by atoms with Gasteiger partial charge in [-0.15, -0.1) is 0 Å². The van der Waals surface area contributed by atoms with E-state index in [1.54, 1.807) is 19.3 Å². The third-order valence-electron chi connectivity index (χ3n) is 3.84. The van der Waals surface area contributed by atoms with Crippen LogP contribution in [0.15, 0.2) is 12.4 Å². The number of anilines is 1. The Balaban J connectivity index is 1.92. The molecule has 0 aromatic carbocycles. The lowest BCUT2D eigenvalue weighted by Crippen LogP contribution is -2.37. The number of aromatic nitrogens is 2. The number of hydrogen-bond donors (Lipinski definition) is 0. The Morgan fingerprint density at radius 2 is 2.05 bits per heavy atom. The number of piperidine rings is 1. The van der Waals surface area contributed by atoms with Crippen LogP contribution >= 0.6 is 0 Å². The predicted octanol–water partition coefficient (Wildman–Crippen LogP) is 1.78. The van der Waals surface area contributed by atoms with Crippen LogP contribution in [0, 0.1) is 5.92 Å². The third kappa shape index (κ3) is 4.51. The van der Waals surface area contributed by atoms with Crippen molar-refractivity contribution in [3.63, 3.8) is 0 Å². The lowest BCUT2D eigenvalue weighted by atomic mass is 9.97. The van der Waals surface area contributed by atoms with E-state index in [1.807, 2.05) is 6.92 Å². The smallest absolute Gasteiger partial charge is 0.309 e. The van der Waals surface area contributed by atoms with Gasteiger partial charge in [0.1, 0.15) is 11.6 Å². The summed E-state index contributed by atoms with van der Waals surface area (Å²) in [7, 11) is 0. The molecule has 22 heavy (non-hydrogen) atoms. The van der Waals surface area contributed by atoms with Gasteiger partial charge in [0.15, 0.2) is 0 Å². The van der Waals surface area contributed by atoms with Gasteiger partial charge in [0.2, 0.25) is 0 Å². The summed E-state index contributed by atoms with van der Waals surface area (Å²) in [6.45, 7) is 5.39. The maximum Gasteiger partial charge on any atom is 0.309 e. The molecule has 0 amide bonds. The number of ketones is 1. The second-order valence-corrected chi connectivity index (χ2v) is 5.58. The molecule has 0 unspecified atom stereocenters. The molecular formula is C16H23N3O3. The van der Waals surface area contributed by atoms with Gasteiger partial charge in [-0.3, -0.25) is 9.78 Å². The molecule has 0 N–H and O–H groups in total. The standard InChI is InChI=1S/C16H23N3O3/c1-3-22-16(21)13-6-8-19(9-7-13)15-11-17-10-14(18-15)5-4-12(2)20/h10-11,13H,3-9H2,1-2H3. The molecule has 2 heterocycles. The van der Waals surface area contributed by atoms with Crippen molar-refractivity contribution in [2.24, 2.45) is 5.92 Å². The summed E-state index contributed by atoms with van der Waals surface area (Å²) in [5, 5.41) is 0. The second kappa shape index (κ2) is 7.87. The highest BCUT2D eigenvalue weighted by atomic mass is 16.5. The molecule has 0 radical (unpaired) electrons. The van der Waals surface area contributed by atoms with Gasteiger partial charge in [-0.05, 0) is 33.1 Å². The van der Waals surface area contributed by atoms with Crippen LogP contribution in [0.3, 0.4) is 0 Å². The molecular weight excluding hydrogens is 282 g/mol. The summed E-state index contributed by atoms with van der Waals surface area (Å²) in [5.41, 5.74) is 0.834. The Kier molecular flexibility index (Phi) is 5.86. The highest BCUT2D eigenvalue weighted by Gasteiger charge is 2.26. The number of Topliss-reactive ketones (excluding diaryl/α,β-unsaturated/α-hetero) is 1. The first-order chi connectivity index (χ1) is 10.6. The number of carbonyl (C=O) groups is 2. The fourth-order valence-corrected chi connectivity index (χ4v) is 2.58. The van der Waals surface area contributed by atoms with Crippen LogP contribution in [-0.2, 0) is 20.7 Å². The number of esters is 1. The van der Waals surface area contributed by atoms with E-state index in [0.29, 0.717) is 19.4 Å². The molecule has 0 aliphatic carbocycles. The molecule has 120 valence electrons. The topological polar surface area (TPSA) is 72.4 Å². The minimum absolute atomic E-state index is 0.00921. The summed E-state index contributed by atoms with van der Waals surface area (Å²) in [6.07, 6.45) is 6.11. The van der Waals surface area contributed by atoms with Crippen LogP contribution < -0.4 is 4.90 Å². The van der Waals surface area contributed by atoms with Crippen LogP contribution in [0.2, 0.25) is 0 Å². The first kappa shape index (κ1) is 16.4. The molecule has 1 aromatic heterocycles. The fraction of sp³-hybridized carbons (Fsp3) is 0.625. The molecule has 1 aliphatic rings. The minimum Gasteiger partial charge on any atom is -0.466 e. The SMILES string of the molecule is CCOC(=O)C1CCN(c2cncc(CCC(C)=O)n2)CC1. The molecule has 0 saturated carbocycles. The number of hydrogen-bond acceptors (Lipinski definition) is 6. The van der Waals surface area contributed by atoms with Gasteiger partial charge in [0.05, 0.1) is 24.4 Å². The Morgan fingerprint density at radius 1 is 1.32 bits per heavy atom. The molecule has 2 rings (SSSR count). The van der Waals surface area contributed by atoms with Crippen molar-refractivity contribution in [2.45, 2.75) is 39.5 Å². The lowest BCUT2D eigenvalue weighted by Gasteiger charge is -2.31. The van der Waals surface area contributed by atoms with Gasteiger partial charge >= 0.3 is 5.97 Å². The number of aryl methyl sites for hydroxylation is 1.